The highest BCUT2D eigenvalue weighted by Crippen LogP contribution is 2.32. The van der Waals surface area contributed by atoms with Gasteiger partial charge in [0, 0.05) is 52.2 Å². The van der Waals surface area contributed by atoms with Crippen LogP contribution in [0.3, 0.4) is 0 Å². The van der Waals surface area contributed by atoms with Gasteiger partial charge < -0.3 is 15.0 Å². The number of nitrogens with zero attached hydrogens (tertiary/aromatic N) is 3. The van der Waals surface area contributed by atoms with Crippen molar-refractivity contribution in [2.45, 2.75) is 26.2 Å². The second-order valence-electron chi connectivity index (χ2n) is 7.48. The molecule has 0 bridgehead atoms. The Hall–Kier alpha value is -1.02. The zero-order valence-electron chi connectivity index (χ0n) is 16.3. The molecule has 0 aliphatic carbocycles. The SMILES string of the molecule is CN=C(NCC1CCOc2ccccc21)N1CCN(CC(C)C)CC1.I. The average molecular weight is 472 g/mol. The minimum Gasteiger partial charge on any atom is -0.493 e. The smallest absolute Gasteiger partial charge is 0.193 e. The molecule has 1 aromatic carbocycles. The molecule has 2 aliphatic rings. The van der Waals surface area contributed by atoms with Gasteiger partial charge in [0.1, 0.15) is 5.75 Å². The van der Waals surface area contributed by atoms with Crippen molar-refractivity contribution < 1.29 is 4.74 Å². The number of guanidine groups is 1. The van der Waals surface area contributed by atoms with E-state index in [9.17, 15) is 0 Å². The zero-order valence-corrected chi connectivity index (χ0v) is 18.6. The fourth-order valence-electron chi connectivity index (χ4n) is 3.83. The minimum absolute atomic E-state index is 0. The number of aliphatic imine (C=N–C) groups is 1. The summed E-state index contributed by atoms with van der Waals surface area (Å²) in [4.78, 5) is 9.47. The van der Waals surface area contributed by atoms with E-state index in [4.69, 9.17) is 4.74 Å². The third-order valence-corrected chi connectivity index (χ3v) is 5.10. The Morgan fingerprint density at radius 3 is 2.65 bits per heavy atom. The average Bonchev–Trinajstić information content (AvgIpc) is 2.63. The Labute approximate surface area is 175 Å². The molecule has 0 radical (unpaired) electrons. The van der Waals surface area contributed by atoms with Gasteiger partial charge in [-0.2, -0.15) is 0 Å². The maximum atomic E-state index is 5.77. The first-order valence-electron chi connectivity index (χ1n) is 9.57. The number of para-hydroxylation sites is 1. The maximum absolute atomic E-state index is 5.77. The van der Waals surface area contributed by atoms with Crippen LogP contribution in [0.25, 0.3) is 0 Å². The molecule has 0 saturated carbocycles. The lowest BCUT2D eigenvalue weighted by Crippen LogP contribution is -2.53. The molecule has 1 N–H and O–H groups in total. The van der Waals surface area contributed by atoms with Crippen molar-refractivity contribution in [1.82, 2.24) is 15.1 Å². The van der Waals surface area contributed by atoms with Crippen molar-refractivity contribution in [2.75, 3.05) is 52.9 Å². The Morgan fingerprint density at radius 2 is 1.96 bits per heavy atom. The fraction of sp³-hybridized carbons (Fsp3) is 0.650. The molecular weight excluding hydrogens is 439 g/mol. The van der Waals surface area contributed by atoms with Crippen LogP contribution >= 0.6 is 24.0 Å². The van der Waals surface area contributed by atoms with Crippen LogP contribution in [0.2, 0.25) is 0 Å². The molecule has 0 spiro atoms. The first-order chi connectivity index (χ1) is 12.2. The van der Waals surface area contributed by atoms with Gasteiger partial charge in [-0.25, -0.2) is 0 Å². The fourth-order valence-corrected chi connectivity index (χ4v) is 3.83. The molecule has 2 heterocycles. The first-order valence-corrected chi connectivity index (χ1v) is 9.57. The van der Waals surface area contributed by atoms with E-state index >= 15 is 0 Å². The molecular formula is C20H33IN4O. The zero-order chi connectivity index (χ0) is 17.6. The summed E-state index contributed by atoms with van der Waals surface area (Å²) in [6.07, 6.45) is 1.06. The molecule has 1 aromatic rings. The lowest BCUT2D eigenvalue weighted by molar-refractivity contribution is 0.163. The summed E-state index contributed by atoms with van der Waals surface area (Å²) in [5.74, 6) is 3.30. The molecule has 3 rings (SSSR count). The number of nitrogens with one attached hydrogen (secondary N) is 1. The molecule has 1 fully saturated rings. The molecule has 2 aliphatic heterocycles. The first kappa shape index (κ1) is 21.3. The molecule has 146 valence electrons. The highest BCUT2D eigenvalue weighted by Gasteiger charge is 2.23. The molecule has 6 heteroatoms. The number of fused-ring (bicyclic) bond motifs is 1. The largest absolute Gasteiger partial charge is 0.493 e. The number of benzene rings is 1. The van der Waals surface area contributed by atoms with Gasteiger partial charge in [0.15, 0.2) is 5.96 Å². The van der Waals surface area contributed by atoms with Crippen LogP contribution in [0.15, 0.2) is 29.3 Å². The van der Waals surface area contributed by atoms with E-state index < -0.39 is 0 Å². The van der Waals surface area contributed by atoms with Crippen molar-refractivity contribution in [3.05, 3.63) is 29.8 Å². The van der Waals surface area contributed by atoms with Crippen LogP contribution in [0.4, 0.5) is 0 Å². The standard InChI is InChI=1S/C20H32N4O.HI/c1-16(2)15-23-9-11-24(12-10-23)20(21-3)22-14-17-8-13-25-19-7-5-4-6-18(17)19;/h4-7,16-17H,8-15H2,1-3H3,(H,21,22);1H. The predicted octanol–water partition coefficient (Wildman–Crippen LogP) is 3.02. The molecule has 1 unspecified atom stereocenters. The van der Waals surface area contributed by atoms with E-state index in [1.165, 1.54) is 12.1 Å². The Balaban J connectivity index is 0.00000243. The van der Waals surface area contributed by atoms with Gasteiger partial charge in [0.05, 0.1) is 6.61 Å². The summed E-state index contributed by atoms with van der Waals surface area (Å²) >= 11 is 0. The van der Waals surface area contributed by atoms with Crippen molar-refractivity contribution in [2.24, 2.45) is 10.9 Å². The van der Waals surface area contributed by atoms with Gasteiger partial charge in [-0.1, -0.05) is 32.0 Å². The molecule has 0 aromatic heterocycles. The van der Waals surface area contributed by atoms with E-state index in [2.05, 4.69) is 52.2 Å². The number of hydrogen-bond donors (Lipinski definition) is 1. The van der Waals surface area contributed by atoms with Crippen LogP contribution in [-0.2, 0) is 0 Å². The number of piperazine rings is 1. The monoisotopic (exact) mass is 472 g/mol. The summed E-state index contributed by atoms with van der Waals surface area (Å²) in [5.41, 5.74) is 1.32. The van der Waals surface area contributed by atoms with Crippen LogP contribution in [0, 0.1) is 5.92 Å². The van der Waals surface area contributed by atoms with Crippen molar-refractivity contribution >= 4 is 29.9 Å². The van der Waals surface area contributed by atoms with Gasteiger partial charge in [-0.05, 0) is 24.0 Å². The Morgan fingerprint density at radius 1 is 1.23 bits per heavy atom. The van der Waals surface area contributed by atoms with Crippen molar-refractivity contribution in [3.8, 4) is 5.75 Å². The topological polar surface area (TPSA) is 40.1 Å². The van der Waals surface area contributed by atoms with Gasteiger partial charge in [0.25, 0.3) is 0 Å². The maximum Gasteiger partial charge on any atom is 0.193 e. The summed E-state index contributed by atoms with van der Waals surface area (Å²) in [5, 5.41) is 3.61. The number of hydrogen-bond acceptors (Lipinski definition) is 3. The number of ether oxygens (including phenoxy) is 1. The lowest BCUT2D eigenvalue weighted by atomic mass is 9.93. The van der Waals surface area contributed by atoms with E-state index in [-0.39, 0.29) is 24.0 Å². The van der Waals surface area contributed by atoms with Crippen LogP contribution in [0.1, 0.15) is 31.7 Å². The third-order valence-electron chi connectivity index (χ3n) is 5.10. The summed E-state index contributed by atoms with van der Waals surface area (Å²) in [6, 6.07) is 8.41. The highest BCUT2D eigenvalue weighted by molar-refractivity contribution is 14.0. The molecule has 5 nitrogen and oxygen atoms in total. The summed E-state index contributed by atoms with van der Waals surface area (Å²) in [7, 11) is 1.89. The lowest BCUT2D eigenvalue weighted by Gasteiger charge is -2.37. The normalized spacial score (nSPS) is 21.0. The molecule has 1 saturated heterocycles. The predicted molar refractivity (Wildman–Crippen MR) is 119 cm³/mol. The van der Waals surface area contributed by atoms with Crippen molar-refractivity contribution in [1.29, 1.82) is 0 Å². The van der Waals surface area contributed by atoms with E-state index in [1.54, 1.807) is 0 Å². The van der Waals surface area contributed by atoms with Gasteiger partial charge in [-0.15, -0.1) is 24.0 Å². The number of rotatable bonds is 4. The Kier molecular flexibility index (Phi) is 8.47. The molecule has 0 amide bonds. The third kappa shape index (κ3) is 5.49. The van der Waals surface area contributed by atoms with Crippen molar-refractivity contribution in [3.63, 3.8) is 0 Å². The second kappa shape index (κ2) is 10.3. The Bertz CT molecular complexity index is 585. The van der Waals surface area contributed by atoms with Gasteiger partial charge in [0.2, 0.25) is 0 Å². The van der Waals surface area contributed by atoms with Gasteiger partial charge in [-0.3, -0.25) is 9.89 Å². The minimum atomic E-state index is 0. The summed E-state index contributed by atoms with van der Waals surface area (Å²) < 4.78 is 5.77. The molecule has 1 atom stereocenters. The second-order valence-corrected chi connectivity index (χ2v) is 7.48. The molecule has 26 heavy (non-hydrogen) atoms. The van der Waals surface area contributed by atoms with E-state index in [0.29, 0.717) is 5.92 Å². The van der Waals surface area contributed by atoms with Crippen LogP contribution in [-0.4, -0.2) is 68.7 Å². The summed E-state index contributed by atoms with van der Waals surface area (Å²) in [6.45, 7) is 11.8. The number of halogens is 1. The van der Waals surface area contributed by atoms with Crippen LogP contribution < -0.4 is 10.1 Å². The highest BCUT2D eigenvalue weighted by atomic mass is 127. The van der Waals surface area contributed by atoms with E-state index in [0.717, 1.165) is 63.4 Å². The van der Waals surface area contributed by atoms with E-state index in [1.807, 2.05) is 13.1 Å². The van der Waals surface area contributed by atoms with Gasteiger partial charge >= 0.3 is 0 Å². The quantitative estimate of drug-likeness (QED) is 0.416. The van der Waals surface area contributed by atoms with Crippen LogP contribution in [0.5, 0.6) is 5.75 Å².